The molecule has 4 N–H and O–H groups in total. The minimum atomic E-state index is -1.28. The average Bonchev–Trinajstić information content (AvgIpc) is 2.42. The molecule has 0 heterocycles. The summed E-state index contributed by atoms with van der Waals surface area (Å²) in [5.74, 6) is -0.924. The van der Waals surface area contributed by atoms with Gasteiger partial charge in [0, 0.05) is 0 Å². The van der Waals surface area contributed by atoms with Crippen LogP contribution >= 0.6 is 0 Å². The van der Waals surface area contributed by atoms with Gasteiger partial charge in [0.25, 0.3) is 5.91 Å². The Hall–Kier alpha value is -2.12. The lowest BCUT2D eigenvalue weighted by atomic mass is 10.2. The maximum atomic E-state index is 11.4. The molecule has 0 fully saturated rings. The van der Waals surface area contributed by atoms with Crippen molar-refractivity contribution in [3.63, 3.8) is 0 Å². The molecule has 0 aliphatic rings. The minimum absolute atomic E-state index is 0.0416. The number of ether oxygens (including phenoxy) is 1. The number of alkyl carbamates (subject to hydrolysis) is 1. The van der Waals surface area contributed by atoms with Crippen LogP contribution < -0.4 is 10.8 Å². The van der Waals surface area contributed by atoms with E-state index in [0.29, 0.717) is 0 Å². The molecule has 0 saturated heterocycles. The Balaban J connectivity index is 2.47. The lowest BCUT2D eigenvalue weighted by Gasteiger charge is -2.18. The number of aliphatic hydroxyl groups is 1. The third-order valence-corrected chi connectivity index (χ3v) is 2.36. The summed E-state index contributed by atoms with van der Waals surface area (Å²) < 4.78 is 4.88. The van der Waals surface area contributed by atoms with Crippen LogP contribution in [-0.2, 0) is 16.1 Å². The fourth-order valence-electron chi connectivity index (χ4n) is 1.37. The number of carbonyl (C=O) groups excluding carboxylic acids is 2. The number of hydroxylamine groups is 1. The second-order valence-electron chi connectivity index (χ2n) is 3.90. The highest BCUT2D eigenvalue weighted by molar-refractivity contribution is 5.85. The molecule has 0 spiro atoms. The Bertz CT molecular complexity index is 421. The van der Waals surface area contributed by atoms with Gasteiger partial charge in [-0.25, -0.2) is 10.3 Å². The molecular weight excluding hydrogens is 252 g/mol. The second kappa shape index (κ2) is 7.34. The summed E-state index contributed by atoms with van der Waals surface area (Å²) >= 11 is 0. The van der Waals surface area contributed by atoms with E-state index in [-0.39, 0.29) is 6.61 Å². The first kappa shape index (κ1) is 14.9. The second-order valence-corrected chi connectivity index (χ2v) is 3.90. The van der Waals surface area contributed by atoms with Gasteiger partial charge < -0.3 is 15.2 Å². The van der Waals surface area contributed by atoms with Gasteiger partial charge in [0.2, 0.25) is 0 Å². The van der Waals surface area contributed by atoms with Crippen molar-refractivity contribution in [2.75, 3.05) is 0 Å². The van der Waals surface area contributed by atoms with Gasteiger partial charge in [-0.05, 0) is 12.5 Å². The van der Waals surface area contributed by atoms with E-state index in [1.165, 1.54) is 12.4 Å². The smallest absolute Gasteiger partial charge is 0.408 e. The molecule has 0 saturated carbocycles. The molecule has 1 aromatic carbocycles. The first-order valence-corrected chi connectivity index (χ1v) is 5.64. The fraction of sp³-hybridized carbons (Fsp3) is 0.333. The molecule has 2 amide bonds. The molecule has 2 atom stereocenters. The molecule has 0 radical (unpaired) electrons. The minimum Gasteiger partial charge on any atom is -0.445 e. The molecule has 7 nitrogen and oxygen atoms in total. The summed E-state index contributed by atoms with van der Waals surface area (Å²) in [4.78, 5) is 22.6. The van der Waals surface area contributed by atoms with E-state index in [4.69, 9.17) is 9.94 Å². The van der Waals surface area contributed by atoms with Crippen molar-refractivity contribution in [3.05, 3.63) is 35.9 Å². The number of aliphatic hydroxyl groups excluding tert-OH is 1. The molecular formula is C12H16N2O5. The summed E-state index contributed by atoms with van der Waals surface area (Å²) in [6.07, 6.45) is -2.03. The summed E-state index contributed by atoms with van der Waals surface area (Å²) in [5, 5.41) is 19.9. The third-order valence-electron chi connectivity index (χ3n) is 2.36. The molecule has 0 aliphatic carbocycles. The number of hydrogen-bond acceptors (Lipinski definition) is 5. The Morgan fingerprint density at radius 2 is 1.95 bits per heavy atom. The van der Waals surface area contributed by atoms with Crippen LogP contribution in [0.3, 0.4) is 0 Å². The summed E-state index contributed by atoms with van der Waals surface area (Å²) in [5.41, 5.74) is 2.15. The number of nitrogens with one attached hydrogen (secondary N) is 2. The number of hydrogen-bond donors (Lipinski definition) is 4. The molecule has 1 aromatic rings. The Morgan fingerprint density at radius 3 is 2.47 bits per heavy atom. The number of rotatable bonds is 5. The maximum absolute atomic E-state index is 11.4. The molecule has 104 valence electrons. The van der Waals surface area contributed by atoms with Crippen LogP contribution in [0.5, 0.6) is 0 Å². The van der Waals surface area contributed by atoms with Crippen LogP contribution in [-0.4, -0.2) is 34.5 Å². The van der Waals surface area contributed by atoms with Crippen molar-refractivity contribution in [1.29, 1.82) is 0 Å². The van der Waals surface area contributed by atoms with Crippen molar-refractivity contribution < 1.29 is 24.6 Å². The zero-order valence-electron chi connectivity index (χ0n) is 10.4. The zero-order valence-corrected chi connectivity index (χ0v) is 10.4. The van der Waals surface area contributed by atoms with Gasteiger partial charge in [-0.1, -0.05) is 30.3 Å². The first-order chi connectivity index (χ1) is 9.04. The lowest BCUT2D eigenvalue weighted by molar-refractivity contribution is -0.133. The molecule has 7 heteroatoms. The number of amides is 2. The van der Waals surface area contributed by atoms with Crippen molar-refractivity contribution in [2.45, 2.75) is 25.7 Å². The molecule has 0 bridgehead atoms. The largest absolute Gasteiger partial charge is 0.445 e. The van der Waals surface area contributed by atoms with E-state index in [9.17, 15) is 14.7 Å². The van der Waals surface area contributed by atoms with Crippen LogP contribution in [0.25, 0.3) is 0 Å². The third kappa shape index (κ3) is 4.94. The van der Waals surface area contributed by atoms with E-state index < -0.39 is 24.1 Å². The highest BCUT2D eigenvalue weighted by Gasteiger charge is 2.25. The predicted molar refractivity (Wildman–Crippen MR) is 65.2 cm³/mol. The Kier molecular flexibility index (Phi) is 5.77. The summed E-state index contributed by atoms with van der Waals surface area (Å²) in [6.45, 7) is 1.34. The monoisotopic (exact) mass is 268 g/mol. The Morgan fingerprint density at radius 1 is 1.32 bits per heavy atom. The maximum Gasteiger partial charge on any atom is 0.408 e. The van der Waals surface area contributed by atoms with Gasteiger partial charge in [0.15, 0.2) is 0 Å². The van der Waals surface area contributed by atoms with Gasteiger partial charge in [0.1, 0.15) is 12.6 Å². The predicted octanol–water partition coefficient (Wildman–Crippen LogP) is 0.168. The van der Waals surface area contributed by atoms with Gasteiger partial charge in [0.05, 0.1) is 6.10 Å². The topological polar surface area (TPSA) is 108 Å². The molecule has 1 rings (SSSR count). The molecule has 0 unspecified atom stereocenters. The van der Waals surface area contributed by atoms with Gasteiger partial charge in [-0.3, -0.25) is 10.0 Å². The highest BCUT2D eigenvalue weighted by atomic mass is 16.5. The van der Waals surface area contributed by atoms with E-state index in [2.05, 4.69) is 5.32 Å². The summed E-state index contributed by atoms with van der Waals surface area (Å²) in [6, 6.07) is 7.70. The van der Waals surface area contributed by atoms with E-state index in [0.717, 1.165) is 5.56 Å². The van der Waals surface area contributed by atoms with Crippen molar-refractivity contribution >= 4 is 12.0 Å². The van der Waals surface area contributed by atoms with Gasteiger partial charge >= 0.3 is 6.09 Å². The normalized spacial score (nSPS) is 13.2. The van der Waals surface area contributed by atoms with Crippen LogP contribution in [0.15, 0.2) is 30.3 Å². The van der Waals surface area contributed by atoms with Gasteiger partial charge in [-0.15, -0.1) is 0 Å². The standard InChI is InChI=1S/C12H16N2O5/c1-8(15)10(11(16)14-18)13-12(17)19-7-9-5-3-2-4-6-9/h2-6,8,10,15,18H,7H2,1H3,(H,13,17)(H,14,16)/t8-,10+/m1/s1. The molecule has 0 aliphatic heterocycles. The number of carbonyl (C=O) groups is 2. The Labute approximate surface area is 110 Å². The highest BCUT2D eigenvalue weighted by Crippen LogP contribution is 2.01. The van der Waals surface area contributed by atoms with Crippen LogP contribution in [0.1, 0.15) is 12.5 Å². The van der Waals surface area contributed by atoms with Crippen LogP contribution in [0.4, 0.5) is 4.79 Å². The number of benzene rings is 1. The van der Waals surface area contributed by atoms with Crippen molar-refractivity contribution in [3.8, 4) is 0 Å². The average molecular weight is 268 g/mol. The lowest BCUT2D eigenvalue weighted by Crippen LogP contribution is -2.51. The zero-order chi connectivity index (χ0) is 14.3. The molecule has 0 aromatic heterocycles. The van der Waals surface area contributed by atoms with Crippen molar-refractivity contribution in [1.82, 2.24) is 10.8 Å². The van der Waals surface area contributed by atoms with E-state index in [1.54, 1.807) is 24.3 Å². The summed E-state index contributed by atoms with van der Waals surface area (Å²) in [7, 11) is 0. The van der Waals surface area contributed by atoms with E-state index in [1.807, 2.05) is 6.07 Å². The van der Waals surface area contributed by atoms with Crippen LogP contribution in [0, 0.1) is 0 Å². The quantitative estimate of drug-likeness (QED) is 0.449. The molecule has 19 heavy (non-hydrogen) atoms. The fourth-order valence-corrected chi connectivity index (χ4v) is 1.37. The first-order valence-electron chi connectivity index (χ1n) is 5.64. The van der Waals surface area contributed by atoms with Crippen LogP contribution in [0.2, 0.25) is 0 Å². The SMILES string of the molecule is C[C@@H](O)[C@H](NC(=O)OCc1ccccc1)C(=O)NO. The van der Waals surface area contributed by atoms with E-state index >= 15 is 0 Å². The van der Waals surface area contributed by atoms with Gasteiger partial charge in [-0.2, -0.15) is 0 Å². The van der Waals surface area contributed by atoms with Crippen molar-refractivity contribution in [2.24, 2.45) is 0 Å².